The van der Waals surface area contributed by atoms with E-state index < -0.39 is 11.7 Å². The Morgan fingerprint density at radius 2 is 2.28 bits per heavy atom. The average molecular weight is 254 g/mol. The summed E-state index contributed by atoms with van der Waals surface area (Å²) in [4.78, 5) is 17.2. The van der Waals surface area contributed by atoms with Gasteiger partial charge in [0.25, 0.3) is 0 Å². The zero-order valence-electron chi connectivity index (χ0n) is 10.8. The number of aliphatic hydroxyl groups is 1. The molecule has 0 saturated carbocycles. The molecule has 1 aromatic rings. The van der Waals surface area contributed by atoms with Crippen LogP contribution in [0.25, 0.3) is 0 Å². The molecule has 0 bridgehead atoms. The van der Waals surface area contributed by atoms with E-state index in [0.717, 1.165) is 0 Å². The van der Waals surface area contributed by atoms with Crippen molar-refractivity contribution in [3.8, 4) is 0 Å². The summed E-state index contributed by atoms with van der Waals surface area (Å²) in [5.74, 6) is 0. The molecule has 100 valence electrons. The van der Waals surface area contributed by atoms with Gasteiger partial charge in [-0.15, -0.1) is 0 Å². The third kappa shape index (κ3) is 2.45. The zero-order chi connectivity index (χ0) is 13.3. The van der Waals surface area contributed by atoms with E-state index >= 15 is 0 Å². The Kier molecular flexibility index (Phi) is 3.25. The molecule has 7 heteroatoms. The van der Waals surface area contributed by atoms with Gasteiger partial charge in [0.2, 0.25) is 0 Å². The highest BCUT2D eigenvalue weighted by Gasteiger charge is 2.44. The minimum absolute atomic E-state index is 0.0370. The largest absolute Gasteiger partial charge is 0.444 e. The molecule has 1 aliphatic rings. The van der Waals surface area contributed by atoms with Crippen molar-refractivity contribution < 1.29 is 14.6 Å². The lowest BCUT2D eigenvalue weighted by atomic mass is 9.98. The normalized spacial score (nSPS) is 23.7. The van der Waals surface area contributed by atoms with E-state index in [4.69, 9.17) is 4.74 Å². The maximum Gasteiger partial charge on any atom is 0.410 e. The fourth-order valence-electron chi connectivity index (χ4n) is 1.93. The predicted octanol–water partition coefficient (Wildman–Crippen LogP) is 0.431. The SMILES string of the molecule is CC(C)(C)OC(=O)N1CC(n2cncn2)C1CO. The van der Waals surface area contributed by atoms with Crippen LogP contribution in [0.4, 0.5) is 4.79 Å². The van der Waals surface area contributed by atoms with Gasteiger partial charge in [-0.1, -0.05) is 0 Å². The Labute approximate surface area is 105 Å². The smallest absolute Gasteiger partial charge is 0.410 e. The van der Waals surface area contributed by atoms with Crippen LogP contribution in [-0.4, -0.2) is 55.7 Å². The van der Waals surface area contributed by atoms with Crippen molar-refractivity contribution in [1.82, 2.24) is 19.7 Å². The summed E-state index contributed by atoms with van der Waals surface area (Å²) in [5.41, 5.74) is -0.532. The van der Waals surface area contributed by atoms with Gasteiger partial charge in [0.15, 0.2) is 0 Å². The highest BCUT2D eigenvalue weighted by Crippen LogP contribution is 2.29. The molecule has 0 radical (unpaired) electrons. The lowest BCUT2D eigenvalue weighted by molar-refractivity contribution is -0.0439. The number of nitrogens with zero attached hydrogens (tertiary/aromatic N) is 4. The molecule has 2 heterocycles. The Bertz CT molecular complexity index is 412. The van der Waals surface area contributed by atoms with Gasteiger partial charge in [-0.2, -0.15) is 5.10 Å². The van der Waals surface area contributed by atoms with E-state index in [1.807, 2.05) is 20.8 Å². The summed E-state index contributed by atoms with van der Waals surface area (Å²) >= 11 is 0. The van der Waals surface area contributed by atoms with Crippen LogP contribution < -0.4 is 0 Å². The van der Waals surface area contributed by atoms with Crippen LogP contribution in [0.15, 0.2) is 12.7 Å². The molecule has 1 aliphatic heterocycles. The standard InChI is InChI=1S/C11H18N4O3/c1-11(2,3)18-10(17)14-4-8(9(14)5-16)15-7-12-6-13-15/h6-9,16H,4-5H2,1-3H3. The maximum absolute atomic E-state index is 11.9. The second-order valence-electron chi connectivity index (χ2n) is 5.33. The summed E-state index contributed by atoms with van der Waals surface area (Å²) in [5, 5.41) is 13.4. The number of carbonyl (C=O) groups is 1. The van der Waals surface area contributed by atoms with Crippen molar-refractivity contribution >= 4 is 6.09 Å². The molecule has 2 rings (SSSR count). The van der Waals surface area contributed by atoms with Crippen molar-refractivity contribution in [3.63, 3.8) is 0 Å². The molecule has 1 aromatic heterocycles. The highest BCUT2D eigenvalue weighted by atomic mass is 16.6. The molecule has 1 fully saturated rings. The Balaban J connectivity index is 1.99. The van der Waals surface area contributed by atoms with Crippen molar-refractivity contribution in [2.75, 3.05) is 13.2 Å². The first kappa shape index (κ1) is 12.8. The molecular formula is C11H18N4O3. The molecule has 18 heavy (non-hydrogen) atoms. The van der Waals surface area contributed by atoms with Crippen molar-refractivity contribution in [2.24, 2.45) is 0 Å². The summed E-state index contributed by atoms with van der Waals surface area (Å²) in [6.45, 7) is 5.79. The van der Waals surface area contributed by atoms with E-state index in [-0.39, 0.29) is 18.7 Å². The molecule has 0 aromatic carbocycles. The molecule has 2 atom stereocenters. The fraction of sp³-hybridized carbons (Fsp3) is 0.727. The van der Waals surface area contributed by atoms with Gasteiger partial charge in [-0.05, 0) is 20.8 Å². The molecule has 0 aliphatic carbocycles. The van der Waals surface area contributed by atoms with Gasteiger partial charge >= 0.3 is 6.09 Å². The summed E-state index contributed by atoms with van der Waals surface area (Å²) in [6, 6.07) is -0.341. The van der Waals surface area contributed by atoms with Crippen LogP contribution in [0.5, 0.6) is 0 Å². The molecule has 1 amide bonds. The molecule has 2 unspecified atom stereocenters. The summed E-state index contributed by atoms with van der Waals surface area (Å²) in [6.07, 6.45) is 2.61. The Morgan fingerprint density at radius 1 is 1.56 bits per heavy atom. The lowest BCUT2D eigenvalue weighted by Crippen LogP contribution is -2.61. The van der Waals surface area contributed by atoms with Gasteiger partial charge in [-0.25, -0.2) is 14.5 Å². The van der Waals surface area contributed by atoms with Crippen LogP contribution in [0.2, 0.25) is 0 Å². The first-order valence-electron chi connectivity index (χ1n) is 5.87. The zero-order valence-corrected chi connectivity index (χ0v) is 10.8. The molecular weight excluding hydrogens is 236 g/mol. The van der Waals surface area contributed by atoms with Crippen LogP contribution >= 0.6 is 0 Å². The number of carbonyl (C=O) groups excluding carboxylic acids is 1. The molecule has 0 spiro atoms. The van der Waals surface area contributed by atoms with Gasteiger partial charge in [0.1, 0.15) is 18.3 Å². The van der Waals surface area contributed by atoms with Crippen LogP contribution in [-0.2, 0) is 4.74 Å². The first-order valence-corrected chi connectivity index (χ1v) is 5.87. The average Bonchev–Trinajstić information content (AvgIpc) is 2.67. The van der Waals surface area contributed by atoms with E-state index in [9.17, 15) is 9.90 Å². The fourth-order valence-corrected chi connectivity index (χ4v) is 1.93. The molecule has 7 nitrogen and oxygen atoms in total. The predicted molar refractivity (Wildman–Crippen MR) is 62.9 cm³/mol. The van der Waals surface area contributed by atoms with E-state index in [1.54, 1.807) is 11.0 Å². The van der Waals surface area contributed by atoms with Gasteiger partial charge in [0.05, 0.1) is 18.7 Å². The second-order valence-corrected chi connectivity index (χ2v) is 5.33. The topological polar surface area (TPSA) is 80.5 Å². The van der Waals surface area contributed by atoms with Crippen molar-refractivity contribution in [3.05, 3.63) is 12.7 Å². The number of aliphatic hydroxyl groups excluding tert-OH is 1. The maximum atomic E-state index is 11.9. The van der Waals surface area contributed by atoms with Gasteiger partial charge in [-0.3, -0.25) is 4.90 Å². The monoisotopic (exact) mass is 254 g/mol. The number of hydrogen-bond donors (Lipinski definition) is 1. The van der Waals surface area contributed by atoms with E-state index in [0.29, 0.717) is 6.54 Å². The second kappa shape index (κ2) is 4.56. The van der Waals surface area contributed by atoms with Crippen molar-refractivity contribution in [1.29, 1.82) is 0 Å². The van der Waals surface area contributed by atoms with Crippen LogP contribution in [0.3, 0.4) is 0 Å². The van der Waals surface area contributed by atoms with Crippen LogP contribution in [0, 0.1) is 0 Å². The number of likely N-dealkylation sites (tertiary alicyclic amines) is 1. The third-order valence-corrected chi connectivity index (χ3v) is 2.82. The van der Waals surface area contributed by atoms with Crippen molar-refractivity contribution in [2.45, 2.75) is 38.5 Å². The minimum atomic E-state index is -0.532. The first-order chi connectivity index (χ1) is 8.42. The molecule has 1 N–H and O–H groups in total. The van der Waals surface area contributed by atoms with E-state index in [2.05, 4.69) is 10.1 Å². The number of hydrogen-bond acceptors (Lipinski definition) is 5. The van der Waals surface area contributed by atoms with Gasteiger partial charge < -0.3 is 9.84 Å². The number of ether oxygens (including phenoxy) is 1. The summed E-state index contributed by atoms with van der Waals surface area (Å²) in [7, 11) is 0. The highest BCUT2D eigenvalue weighted by molar-refractivity contribution is 5.70. The van der Waals surface area contributed by atoms with Crippen LogP contribution in [0.1, 0.15) is 26.8 Å². The lowest BCUT2D eigenvalue weighted by Gasteiger charge is -2.46. The number of aromatic nitrogens is 3. The number of rotatable bonds is 2. The molecule has 1 saturated heterocycles. The Hall–Kier alpha value is -1.63. The van der Waals surface area contributed by atoms with Gasteiger partial charge in [0, 0.05) is 6.54 Å². The Morgan fingerprint density at radius 3 is 2.78 bits per heavy atom. The quantitative estimate of drug-likeness (QED) is 0.827. The third-order valence-electron chi connectivity index (χ3n) is 2.82. The minimum Gasteiger partial charge on any atom is -0.444 e. The number of amides is 1. The summed E-state index contributed by atoms with van der Waals surface area (Å²) < 4.78 is 6.92. The van der Waals surface area contributed by atoms with E-state index in [1.165, 1.54) is 11.2 Å².